The van der Waals surface area contributed by atoms with Crippen LogP contribution in [0.4, 0.5) is 0 Å². The maximum absolute atomic E-state index is 13.7. The van der Waals surface area contributed by atoms with Crippen LogP contribution in [0.25, 0.3) is 0 Å². The van der Waals surface area contributed by atoms with E-state index in [1.54, 1.807) is 74.5 Å². The van der Waals surface area contributed by atoms with Crippen molar-refractivity contribution in [1.29, 1.82) is 0 Å². The van der Waals surface area contributed by atoms with Gasteiger partial charge in [-0.05, 0) is 51.5 Å². The second kappa shape index (κ2) is 12.4. The minimum Gasteiger partial charge on any atom is -0.465 e. The largest absolute Gasteiger partial charge is 0.465 e. The molecule has 8 atom stereocenters. The van der Waals surface area contributed by atoms with Crippen molar-refractivity contribution in [3.8, 4) is 0 Å². The molecule has 1 saturated heterocycles. The zero-order chi connectivity index (χ0) is 34.4. The van der Waals surface area contributed by atoms with E-state index in [1.807, 2.05) is 0 Å². The predicted octanol–water partition coefficient (Wildman–Crippen LogP) is 3.57. The third-order valence-electron chi connectivity index (χ3n) is 9.69. The van der Waals surface area contributed by atoms with Crippen LogP contribution in [0.15, 0.2) is 60.7 Å². The van der Waals surface area contributed by atoms with Gasteiger partial charge in [-0.1, -0.05) is 36.4 Å². The van der Waals surface area contributed by atoms with Crippen LogP contribution in [0.5, 0.6) is 0 Å². The van der Waals surface area contributed by atoms with E-state index in [2.05, 4.69) is 0 Å². The normalized spacial score (nSPS) is 33.5. The number of hydrogen-bond donors (Lipinski definition) is 1. The van der Waals surface area contributed by atoms with Crippen molar-refractivity contribution in [3.05, 3.63) is 71.8 Å². The summed E-state index contributed by atoms with van der Waals surface area (Å²) in [5.41, 5.74) is -6.77. The molecule has 0 amide bonds. The Hall–Kier alpha value is -4.29. The maximum Gasteiger partial charge on any atom is 0.338 e. The number of aliphatic hydroxyl groups is 1. The van der Waals surface area contributed by atoms with E-state index < -0.39 is 89.0 Å². The van der Waals surface area contributed by atoms with Crippen LogP contribution in [0.3, 0.4) is 0 Å². The number of carbonyl (C=O) groups is 5. The Morgan fingerprint density at radius 2 is 1.28 bits per heavy atom. The number of carbonyl (C=O) groups excluding carboxylic acids is 5. The van der Waals surface area contributed by atoms with E-state index in [0.29, 0.717) is 0 Å². The lowest BCUT2D eigenvalue weighted by atomic mass is 9.46. The minimum absolute atomic E-state index is 0.0397. The molecule has 12 nitrogen and oxygen atoms in total. The van der Waals surface area contributed by atoms with Crippen LogP contribution in [0, 0.1) is 11.3 Å². The first-order valence-electron chi connectivity index (χ1n) is 15.5. The summed E-state index contributed by atoms with van der Waals surface area (Å²) in [4.78, 5) is 65.2. The van der Waals surface area contributed by atoms with Crippen molar-refractivity contribution in [2.45, 2.75) is 95.6 Å². The summed E-state index contributed by atoms with van der Waals surface area (Å²) in [6.45, 7) is 7.77. The molecule has 1 aliphatic heterocycles. The Balaban J connectivity index is 1.79. The Morgan fingerprint density at radius 1 is 0.745 bits per heavy atom. The summed E-state index contributed by atoms with van der Waals surface area (Å²) >= 11 is 0. The predicted molar refractivity (Wildman–Crippen MR) is 163 cm³/mol. The molecule has 2 aromatic rings. The fraction of sp³-hybridized carbons (Fsp3) is 0.514. The summed E-state index contributed by atoms with van der Waals surface area (Å²) in [6.07, 6.45) is -5.75. The molecule has 3 aliphatic rings. The first-order chi connectivity index (χ1) is 22.1. The number of benzene rings is 2. The molecule has 0 unspecified atom stereocenters. The zero-order valence-electron chi connectivity index (χ0n) is 27.2. The smallest absolute Gasteiger partial charge is 0.338 e. The lowest BCUT2D eigenvalue weighted by Gasteiger charge is -2.65. The molecule has 252 valence electrons. The van der Waals surface area contributed by atoms with Crippen LogP contribution >= 0.6 is 0 Å². The molecule has 1 heterocycles. The van der Waals surface area contributed by atoms with Gasteiger partial charge in [0.05, 0.1) is 22.3 Å². The number of fused-ring (bicyclic) bond motifs is 1. The lowest BCUT2D eigenvalue weighted by Crippen LogP contribution is -2.83. The van der Waals surface area contributed by atoms with Crippen LogP contribution in [-0.4, -0.2) is 82.8 Å². The number of rotatable bonds is 8. The summed E-state index contributed by atoms with van der Waals surface area (Å²) < 4.78 is 36.7. The molecule has 47 heavy (non-hydrogen) atoms. The summed E-state index contributed by atoms with van der Waals surface area (Å²) in [7, 11) is 0. The maximum atomic E-state index is 13.7. The Kier molecular flexibility index (Phi) is 8.97. The number of hydrogen-bond acceptors (Lipinski definition) is 12. The van der Waals surface area contributed by atoms with E-state index in [0.717, 1.165) is 20.8 Å². The van der Waals surface area contributed by atoms with Gasteiger partial charge in [-0.3, -0.25) is 14.4 Å². The highest BCUT2D eigenvalue weighted by Gasteiger charge is 2.86. The third kappa shape index (κ3) is 5.78. The fourth-order valence-corrected chi connectivity index (χ4v) is 7.97. The average Bonchev–Trinajstić information content (AvgIpc) is 3.17. The van der Waals surface area contributed by atoms with Gasteiger partial charge in [-0.15, -0.1) is 0 Å². The molecule has 5 rings (SSSR count). The molecule has 2 aromatic carbocycles. The summed E-state index contributed by atoms with van der Waals surface area (Å²) in [5, 5.41) is 12.6. The Morgan fingerprint density at radius 3 is 1.79 bits per heavy atom. The van der Waals surface area contributed by atoms with Crippen LogP contribution in [0.2, 0.25) is 0 Å². The molecule has 0 radical (unpaired) electrons. The van der Waals surface area contributed by atoms with Crippen LogP contribution < -0.4 is 0 Å². The zero-order valence-corrected chi connectivity index (χ0v) is 27.2. The summed E-state index contributed by atoms with van der Waals surface area (Å²) in [6, 6.07) is 16.4. The molecular formula is C35H40O12. The molecule has 12 heteroatoms. The van der Waals surface area contributed by atoms with Gasteiger partial charge in [-0.2, -0.15) is 0 Å². The van der Waals surface area contributed by atoms with Gasteiger partial charge in [0.15, 0.2) is 11.7 Å². The molecule has 0 aromatic heterocycles. The topological polar surface area (TPSA) is 161 Å². The Labute approximate surface area is 272 Å². The van der Waals surface area contributed by atoms with E-state index >= 15 is 0 Å². The Bertz CT molecular complexity index is 1540. The number of ether oxygens (including phenoxy) is 6. The van der Waals surface area contributed by atoms with Crippen LogP contribution in [-0.2, 0) is 42.8 Å². The lowest BCUT2D eigenvalue weighted by molar-refractivity contribution is -0.354. The van der Waals surface area contributed by atoms with Crippen molar-refractivity contribution in [2.24, 2.45) is 11.3 Å². The van der Waals surface area contributed by atoms with Gasteiger partial charge in [-0.25, -0.2) is 9.59 Å². The van der Waals surface area contributed by atoms with Gasteiger partial charge < -0.3 is 33.5 Å². The van der Waals surface area contributed by atoms with Gasteiger partial charge >= 0.3 is 29.8 Å². The SMILES string of the molecule is CC(=O)OC[C@]12[C@@H](OC(=O)c3ccccc3)C[C@@H]3[C@@H](OC(=O)c4ccccc4)[C@]1(OC3(C)C)[C@@](C)(O)C[C@H](OC(C)=O)[C@@H]2OC(C)=O. The van der Waals surface area contributed by atoms with Gasteiger partial charge in [0.2, 0.25) is 0 Å². The van der Waals surface area contributed by atoms with E-state index in [4.69, 9.17) is 28.4 Å². The molecular weight excluding hydrogens is 612 g/mol. The van der Waals surface area contributed by atoms with Crippen molar-refractivity contribution in [3.63, 3.8) is 0 Å². The quantitative estimate of drug-likeness (QED) is 0.327. The van der Waals surface area contributed by atoms with Crippen molar-refractivity contribution < 1.29 is 57.5 Å². The second-order valence-electron chi connectivity index (χ2n) is 13.2. The monoisotopic (exact) mass is 652 g/mol. The molecule has 1 N–H and O–H groups in total. The second-order valence-corrected chi connectivity index (χ2v) is 13.2. The molecule has 3 fully saturated rings. The number of esters is 5. The van der Waals surface area contributed by atoms with Crippen LogP contribution in [0.1, 0.15) is 75.1 Å². The molecule has 1 spiro atoms. The molecule has 2 saturated carbocycles. The van der Waals surface area contributed by atoms with E-state index in [9.17, 15) is 29.1 Å². The van der Waals surface area contributed by atoms with E-state index in [-0.39, 0.29) is 24.0 Å². The highest BCUT2D eigenvalue weighted by atomic mass is 16.6. The molecule has 2 bridgehead atoms. The fourth-order valence-electron chi connectivity index (χ4n) is 7.97. The minimum atomic E-state index is -2.05. The van der Waals surface area contributed by atoms with Gasteiger partial charge in [0, 0.05) is 33.1 Å². The highest BCUT2D eigenvalue weighted by Crippen LogP contribution is 2.69. The first-order valence-corrected chi connectivity index (χ1v) is 15.5. The van der Waals surface area contributed by atoms with Crippen molar-refractivity contribution in [2.75, 3.05) is 6.61 Å². The van der Waals surface area contributed by atoms with Gasteiger partial charge in [0.1, 0.15) is 30.3 Å². The van der Waals surface area contributed by atoms with Gasteiger partial charge in [0.25, 0.3) is 0 Å². The first kappa shape index (κ1) is 34.1. The van der Waals surface area contributed by atoms with Crippen molar-refractivity contribution >= 4 is 29.8 Å². The van der Waals surface area contributed by atoms with Crippen molar-refractivity contribution in [1.82, 2.24) is 0 Å². The third-order valence-corrected chi connectivity index (χ3v) is 9.69. The average molecular weight is 653 g/mol. The molecule has 2 aliphatic carbocycles. The van der Waals surface area contributed by atoms with E-state index in [1.165, 1.54) is 6.92 Å². The highest BCUT2D eigenvalue weighted by molar-refractivity contribution is 5.90. The standard InChI is InChI=1S/C35H40O12/c1-20(36)42-19-34-27(45-30(39)23-13-9-7-10-14-23)17-25-28(46-31(40)24-15-11-8-12-16-24)35(34,47-32(25,4)5)33(6,41)18-26(43-21(2)37)29(34)44-22(3)38/h7-16,25-29,41H,17-19H2,1-6H3/t25-,26+,27+,28-,29+,33+,34-,35+/m1/s1. The summed E-state index contributed by atoms with van der Waals surface area (Å²) in [5.74, 6) is -4.44.